The van der Waals surface area contributed by atoms with Crippen LogP contribution in [0, 0.1) is 13.8 Å². The van der Waals surface area contributed by atoms with Gasteiger partial charge in [-0.2, -0.15) is 0 Å². The van der Waals surface area contributed by atoms with Crippen LogP contribution in [0.1, 0.15) is 49.9 Å². The Morgan fingerprint density at radius 2 is 1.96 bits per heavy atom. The molecule has 1 amide bonds. The lowest BCUT2D eigenvalue weighted by Gasteiger charge is -2.25. The molecule has 0 saturated carbocycles. The predicted molar refractivity (Wildman–Crippen MR) is 97.7 cm³/mol. The van der Waals surface area contributed by atoms with E-state index >= 15 is 0 Å². The van der Waals surface area contributed by atoms with E-state index in [0.29, 0.717) is 36.7 Å². The van der Waals surface area contributed by atoms with Gasteiger partial charge in [-0.1, -0.05) is 13.8 Å². The van der Waals surface area contributed by atoms with Crippen molar-refractivity contribution in [1.82, 2.24) is 20.1 Å². The molecule has 2 rings (SSSR count). The summed E-state index contributed by atoms with van der Waals surface area (Å²) in [5.41, 5.74) is 2.25. The number of aromatic nitrogens is 3. The largest absolute Gasteiger partial charge is 0.388 e. The van der Waals surface area contributed by atoms with Gasteiger partial charge in [0.2, 0.25) is 5.91 Å². The number of aliphatic hydroxyl groups is 1. The summed E-state index contributed by atoms with van der Waals surface area (Å²) in [5, 5.41) is 16.3. The molecular formula is C18H28N4O3. The molecular weight excluding hydrogens is 320 g/mol. The van der Waals surface area contributed by atoms with Crippen molar-refractivity contribution in [2.75, 3.05) is 6.54 Å². The van der Waals surface area contributed by atoms with Gasteiger partial charge in [-0.25, -0.2) is 4.98 Å². The molecule has 0 atom stereocenters. The molecule has 25 heavy (non-hydrogen) atoms. The zero-order valence-corrected chi connectivity index (χ0v) is 15.7. The van der Waals surface area contributed by atoms with Crippen molar-refractivity contribution >= 4 is 16.9 Å². The summed E-state index contributed by atoms with van der Waals surface area (Å²) >= 11 is 0. The van der Waals surface area contributed by atoms with Crippen molar-refractivity contribution in [2.45, 2.75) is 59.0 Å². The van der Waals surface area contributed by atoms with E-state index in [1.807, 2.05) is 27.7 Å². The van der Waals surface area contributed by atoms with Crippen LogP contribution in [0.25, 0.3) is 11.0 Å². The highest BCUT2D eigenvalue weighted by Gasteiger charge is 2.23. The summed E-state index contributed by atoms with van der Waals surface area (Å²) in [7, 11) is 1.76. The molecule has 0 unspecified atom stereocenters. The molecule has 0 aliphatic carbocycles. The first-order valence-corrected chi connectivity index (χ1v) is 8.76. The molecule has 0 radical (unpaired) electrons. The Bertz CT molecular complexity index is 831. The molecule has 0 aliphatic rings. The van der Waals surface area contributed by atoms with Crippen molar-refractivity contribution in [3.05, 3.63) is 27.2 Å². The van der Waals surface area contributed by atoms with Crippen LogP contribution >= 0.6 is 0 Å². The van der Waals surface area contributed by atoms with Crippen molar-refractivity contribution in [3.8, 4) is 0 Å². The number of nitrogens with zero attached hydrogens (tertiary/aromatic N) is 2. The number of carbonyl (C=O) groups excluding carboxylic acids is 1. The maximum atomic E-state index is 12.1. The number of nitrogens with one attached hydrogen (secondary N) is 2. The van der Waals surface area contributed by atoms with Gasteiger partial charge in [-0.3, -0.25) is 19.4 Å². The van der Waals surface area contributed by atoms with Gasteiger partial charge in [0.25, 0.3) is 5.56 Å². The van der Waals surface area contributed by atoms with Gasteiger partial charge in [0.05, 0.1) is 11.0 Å². The number of aromatic amines is 1. The van der Waals surface area contributed by atoms with Gasteiger partial charge in [0.1, 0.15) is 0 Å². The SMILES string of the molecule is CCC(O)(CC)CNC(=O)CCc1c(C)nc2c(c1C)c(=O)[nH]n2C. The maximum Gasteiger partial charge on any atom is 0.273 e. The summed E-state index contributed by atoms with van der Waals surface area (Å²) in [6.45, 7) is 7.85. The second-order valence-corrected chi connectivity index (χ2v) is 6.71. The molecule has 2 heterocycles. The van der Waals surface area contributed by atoms with Gasteiger partial charge in [0, 0.05) is 25.7 Å². The summed E-state index contributed by atoms with van der Waals surface area (Å²) in [5.74, 6) is -0.110. The molecule has 0 aromatic carbocycles. The highest BCUT2D eigenvalue weighted by Crippen LogP contribution is 2.21. The number of hydrogen-bond acceptors (Lipinski definition) is 4. The second kappa shape index (κ2) is 7.39. The smallest absolute Gasteiger partial charge is 0.273 e. The topological polar surface area (TPSA) is 100 Å². The van der Waals surface area contributed by atoms with Gasteiger partial charge in [0.15, 0.2) is 5.65 Å². The van der Waals surface area contributed by atoms with Crippen LogP contribution in [-0.2, 0) is 18.3 Å². The Morgan fingerprint density at radius 3 is 2.56 bits per heavy atom. The van der Waals surface area contributed by atoms with Crippen molar-refractivity contribution in [2.24, 2.45) is 7.05 Å². The number of aryl methyl sites for hydroxylation is 3. The minimum atomic E-state index is -0.848. The van der Waals surface area contributed by atoms with Crippen molar-refractivity contribution < 1.29 is 9.90 Å². The number of fused-ring (bicyclic) bond motifs is 1. The van der Waals surface area contributed by atoms with E-state index in [0.717, 1.165) is 16.8 Å². The Balaban J connectivity index is 2.12. The summed E-state index contributed by atoms with van der Waals surface area (Å²) in [6, 6.07) is 0. The van der Waals surface area contributed by atoms with Gasteiger partial charge in [-0.05, 0) is 44.2 Å². The predicted octanol–water partition coefficient (Wildman–Crippen LogP) is 1.48. The lowest BCUT2D eigenvalue weighted by molar-refractivity contribution is -0.122. The number of pyridine rings is 1. The van der Waals surface area contributed by atoms with Crippen LogP contribution in [-0.4, -0.2) is 37.9 Å². The summed E-state index contributed by atoms with van der Waals surface area (Å²) < 4.78 is 1.62. The third-order valence-corrected chi connectivity index (χ3v) is 5.11. The van der Waals surface area contributed by atoms with E-state index in [-0.39, 0.29) is 18.0 Å². The lowest BCUT2D eigenvalue weighted by atomic mass is 9.97. The molecule has 2 aromatic rings. The van der Waals surface area contributed by atoms with Crippen LogP contribution in [0.3, 0.4) is 0 Å². The fourth-order valence-corrected chi connectivity index (χ4v) is 3.11. The van der Waals surface area contributed by atoms with E-state index in [2.05, 4.69) is 15.4 Å². The minimum absolute atomic E-state index is 0.110. The second-order valence-electron chi connectivity index (χ2n) is 6.71. The zero-order valence-electron chi connectivity index (χ0n) is 15.7. The Kier molecular flexibility index (Phi) is 5.67. The molecule has 7 heteroatoms. The Labute approximate surface area is 147 Å². The van der Waals surface area contributed by atoms with E-state index in [9.17, 15) is 14.7 Å². The first kappa shape index (κ1) is 19.2. The Hall–Kier alpha value is -2.15. The Morgan fingerprint density at radius 1 is 1.32 bits per heavy atom. The standard InChI is InChI=1S/C18H28N4O3/c1-6-18(25,7-2)10-19-14(23)9-8-13-11(3)15-16(20-12(13)4)22(5)21-17(15)24/h25H,6-10H2,1-5H3,(H,19,23)(H,21,24). The zero-order chi connectivity index (χ0) is 18.8. The molecule has 0 aliphatic heterocycles. The molecule has 138 valence electrons. The van der Waals surface area contributed by atoms with E-state index in [1.54, 1.807) is 11.7 Å². The van der Waals surface area contributed by atoms with Crippen LogP contribution in [0.2, 0.25) is 0 Å². The van der Waals surface area contributed by atoms with Crippen LogP contribution in [0.15, 0.2) is 4.79 Å². The van der Waals surface area contributed by atoms with Gasteiger partial charge >= 0.3 is 0 Å². The molecule has 0 bridgehead atoms. The molecule has 7 nitrogen and oxygen atoms in total. The van der Waals surface area contributed by atoms with Crippen LogP contribution in [0.5, 0.6) is 0 Å². The molecule has 2 aromatic heterocycles. The highest BCUT2D eigenvalue weighted by atomic mass is 16.3. The van der Waals surface area contributed by atoms with E-state index < -0.39 is 5.60 Å². The quantitative estimate of drug-likeness (QED) is 0.705. The first-order chi connectivity index (χ1) is 11.7. The third-order valence-electron chi connectivity index (χ3n) is 5.11. The van der Waals surface area contributed by atoms with Crippen LogP contribution < -0.4 is 10.9 Å². The van der Waals surface area contributed by atoms with E-state index in [1.165, 1.54) is 0 Å². The monoisotopic (exact) mass is 348 g/mol. The van der Waals surface area contributed by atoms with Crippen molar-refractivity contribution in [1.29, 1.82) is 0 Å². The molecule has 0 spiro atoms. The normalized spacial score (nSPS) is 11.9. The number of carbonyl (C=O) groups is 1. The molecule has 3 N–H and O–H groups in total. The average Bonchev–Trinajstić information content (AvgIpc) is 2.86. The number of H-pyrrole nitrogens is 1. The summed E-state index contributed by atoms with van der Waals surface area (Å²) in [4.78, 5) is 28.7. The highest BCUT2D eigenvalue weighted by molar-refractivity contribution is 5.81. The fourth-order valence-electron chi connectivity index (χ4n) is 3.11. The number of hydrogen-bond donors (Lipinski definition) is 3. The van der Waals surface area contributed by atoms with Crippen molar-refractivity contribution in [3.63, 3.8) is 0 Å². The first-order valence-electron chi connectivity index (χ1n) is 8.76. The maximum absolute atomic E-state index is 12.1. The minimum Gasteiger partial charge on any atom is -0.388 e. The summed E-state index contributed by atoms with van der Waals surface area (Å²) in [6.07, 6.45) is 2.00. The average molecular weight is 348 g/mol. The fraction of sp³-hybridized carbons (Fsp3) is 0.611. The lowest BCUT2D eigenvalue weighted by Crippen LogP contribution is -2.42. The van der Waals surface area contributed by atoms with E-state index in [4.69, 9.17) is 0 Å². The van der Waals surface area contributed by atoms with Gasteiger partial charge < -0.3 is 10.4 Å². The van der Waals surface area contributed by atoms with Crippen LogP contribution in [0.4, 0.5) is 0 Å². The third kappa shape index (κ3) is 3.92. The molecule has 0 saturated heterocycles. The number of amides is 1. The van der Waals surface area contributed by atoms with Gasteiger partial charge in [-0.15, -0.1) is 0 Å². The number of rotatable bonds is 7. The molecule has 0 fully saturated rings.